The first-order valence-electron chi connectivity index (χ1n) is 8.30. The van der Waals surface area contributed by atoms with Crippen LogP contribution in [0.3, 0.4) is 0 Å². The third-order valence-electron chi connectivity index (χ3n) is 4.19. The Bertz CT molecular complexity index is 548. The van der Waals surface area contributed by atoms with E-state index >= 15 is 0 Å². The molecule has 0 aromatic heterocycles. The van der Waals surface area contributed by atoms with Gasteiger partial charge in [-0.3, -0.25) is 14.6 Å². The molecule has 1 aromatic rings. The molecule has 3 heteroatoms. The number of carbonyl (C=O) groups excluding carboxylic acids is 2. The number of Topliss-reactive ketones (excluding diaryl/α,β-unsaturated/α-hetero) is 2. The Kier molecular flexibility index (Phi) is 6.05. The van der Waals surface area contributed by atoms with E-state index in [0.717, 1.165) is 25.0 Å². The molecule has 0 spiro atoms. The molecule has 0 N–H and O–H groups in total. The highest BCUT2D eigenvalue weighted by Gasteiger charge is 2.38. The van der Waals surface area contributed by atoms with Crippen LogP contribution < -0.4 is 0 Å². The number of hydrogen-bond acceptors (Lipinski definition) is 3. The Morgan fingerprint density at radius 1 is 1.14 bits per heavy atom. The third-order valence-corrected chi connectivity index (χ3v) is 4.19. The van der Waals surface area contributed by atoms with Crippen molar-refractivity contribution in [3.63, 3.8) is 0 Å². The molecule has 0 radical (unpaired) electrons. The number of carbonyl (C=O) groups is 2. The molecule has 118 valence electrons. The molecule has 2 rings (SSSR count). The Morgan fingerprint density at radius 2 is 1.86 bits per heavy atom. The van der Waals surface area contributed by atoms with Crippen molar-refractivity contribution in [2.75, 3.05) is 6.54 Å². The lowest BCUT2D eigenvalue weighted by Gasteiger charge is -2.29. The molecular weight excluding hydrogens is 274 g/mol. The van der Waals surface area contributed by atoms with Crippen LogP contribution in [0.2, 0.25) is 0 Å². The molecule has 0 aliphatic heterocycles. The fourth-order valence-corrected chi connectivity index (χ4v) is 3.12. The Labute approximate surface area is 132 Å². The molecule has 1 aliphatic rings. The van der Waals surface area contributed by atoms with Crippen molar-refractivity contribution in [1.29, 1.82) is 0 Å². The van der Waals surface area contributed by atoms with E-state index in [4.69, 9.17) is 0 Å². The van der Waals surface area contributed by atoms with Crippen LogP contribution >= 0.6 is 0 Å². The lowest BCUT2D eigenvalue weighted by atomic mass is 9.74. The van der Waals surface area contributed by atoms with Crippen LogP contribution in [0.4, 0.5) is 0 Å². The van der Waals surface area contributed by atoms with Gasteiger partial charge in [0.05, 0.1) is 0 Å². The topological polar surface area (TPSA) is 46.5 Å². The third kappa shape index (κ3) is 3.90. The highest BCUT2D eigenvalue weighted by atomic mass is 16.2. The van der Waals surface area contributed by atoms with Crippen molar-refractivity contribution in [2.45, 2.75) is 51.9 Å². The zero-order chi connectivity index (χ0) is 15.9. The molecule has 0 unspecified atom stereocenters. The van der Waals surface area contributed by atoms with E-state index in [0.29, 0.717) is 19.4 Å². The molecule has 3 nitrogen and oxygen atoms in total. The van der Waals surface area contributed by atoms with Crippen LogP contribution in [0.5, 0.6) is 0 Å². The van der Waals surface area contributed by atoms with Gasteiger partial charge in [-0.15, -0.1) is 0 Å². The van der Waals surface area contributed by atoms with E-state index in [-0.39, 0.29) is 17.5 Å². The lowest BCUT2D eigenvalue weighted by molar-refractivity contribution is -0.130. The van der Waals surface area contributed by atoms with E-state index in [2.05, 4.69) is 24.0 Å². The first kappa shape index (κ1) is 16.6. The normalized spacial score (nSPS) is 23.7. The maximum atomic E-state index is 12.6. The molecular formula is C19H25NO2. The number of benzene rings is 1. The van der Waals surface area contributed by atoms with Crippen LogP contribution in [0.15, 0.2) is 35.3 Å². The summed E-state index contributed by atoms with van der Waals surface area (Å²) in [5, 5.41) is 0. The first-order chi connectivity index (χ1) is 10.7. The van der Waals surface area contributed by atoms with Crippen molar-refractivity contribution in [3.8, 4) is 0 Å². The number of ketones is 2. The number of nitrogens with zero attached hydrogens (tertiary/aromatic N) is 1. The molecule has 0 heterocycles. The lowest BCUT2D eigenvalue weighted by Crippen LogP contribution is -2.38. The number of aliphatic imine (C=N–C) groups is 1. The molecule has 0 saturated heterocycles. The van der Waals surface area contributed by atoms with Gasteiger partial charge in [0.1, 0.15) is 17.5 Å². The number of rotatable bonds is 6. The predicted molar refractivity (Wildman–Crippen MR) is 89.4 cm³/mol. The maximum absolute atomic E-state index is 12.6. The molecule has 2 atom stereocenters. The van der Waals surface area contributed by atoms with E-state index in [9.17, 15) is 9.59 Å². The smallest absolute Gasteiger partial charge is 0.149 e. The van der Waals surface area contributed by atoms with Gasteiger partial charge in [-0.1, -0.05) is 44.2 Å². The minimum absolute atomic E-state index is 0.0495. The van der Waals surface area contributed by atoms with Gasteiger partial charge in [-0.25, -0.2) is 0 Å². The zero-order valence-corrected chi connectivity index (χ0v) is 13.5. The summed E-state index contributed by atoms with van der Waals surface area (Å²) in [6.07, 6.45) is 3.37. The summed E-state index contributed by atoms with van der Waals surface area (Å²) < 4.78 is 0. The van der Waals surface area contributed by atoms with Crippen LogP contribution in [0.1, 0.15) is 57.4 Å². The fourth-order valence-electron chi connectivity index (χ4n) is 3.12. The highest BCUT2D eigenvalue weighted by molar-refractivity contribution is 6.22. The van der Waals surface area contributed by atoms with Crippen LogP contribution in [0, 0.1) is 5.92 Å². The second-order valence-electron chi connectivity index (χ2n) is 6.00. The summed E-state index contributed by atoms with van der Waals surface area (Å²) in [5.41, 5.74) is 1.98. The minimum Gasteiger partial charge on any atom is -0.298 e. The summed E-state index contributed by atoms with van der Waals surface area (Å²) in [6.45, 7) is 4.73. The van der Waals surface area contributed by atoms with E-state index < -0.39 is 5.92 Å². The Morgan fingerprint density at radius 3 is 2.50 bits per heavy atom. The second kappa shape index (κ2) is 8.02. The Balaban J connectivity index is 2.24. The Hall–Kier alpha value is -1.77. The maximum Gasteiger partial charge on any atom is 0.149 e. The van der Waals surface area contributed by atoms with Gasteiger partial charge >= 0.3 is 0 Å². The van der Waals surface area contributed by atoms with Gasteiger partial charge < -0.3 is 0 Å². The van der Waals surface area contributed by atoms with E-state index in [1.165, 1.54) is 5.56 Å². The van der Waals surface area contributed by atoms with Gasteiger partial charge in [0.15, 0.2) is 0 Å². The van der Waals surface area contributed by atoms with Crippen LogP contribution in [0.25, 0.3) is 0 Å². The summed E-state index contributed by atoms with van der Waals surface area (Å²) >= 11 is 0. The average molecular weight is 299 g/mol. The molecule has 0 amide bonds. The number of hydrogen-bond donors (Lipinski definition) is 0. The quantitative estimate of drug-likeness (QED) is 0.746. The highest BCUT2D eigenvalue weighted by Crippen LogP contribution is 2.33. The van der Waals surface area contributed by atoms with Gasteiger partial charge in [-0.05, 0) is 30.7 Å². The zero-order valence-electron chi connectivity index (χ0n) is 13.5. The molecule has 22 heavy (non-hydrogen) atoms. The van der Waals surface area contributed by atoms with Gasteiger partial charge in [0.2, 0.25) is 0 Å². The van der Waals surface area contributed by atoms with Gasteiger partial charge in [-0.2, -0.15) is 0 Å². The van der Waals surface area contributed by atoms with Crippen LogP contribution in [-0.2, 0) is 9.59 Å². The minimum atomic E-state index is -0.577. The molecule has 1 saturated carbocycles. The standard InChI is InChI=1S/C19H25NO2/c1-3-8-17(21)19-16(20-11-4-2)12-15(13-18(19)22)14-9-6-5-7-10-14/h5-7,9-10,15,19H,3-4,8,11-13H2,1-2H3/t15-,19+/m1/s1. The van der Waals surface area contributed by atoms with Crippen LogP contribution in [-0.4, -0.2) is 23.8 Å². The van der Waals surface area contributed by atoms with Crippen molar-refractivity contribution in [3.05, 3.63) is 35.9 Å². The summed E-state index contributed by atoms with van der Waals surface area (Å²) in [5.74, 6) is -0.316. The van der Waals surface area contributed by atoms with Crippen molar-refractivity contribution >= 4 is 17.3 Å². The second-order valence-corrected chi connectivity index (χ2v) is 6.00. The summed E-state index contributed by atoms with van der Waals surface area (Å²) in [6, 6.07) is 10.1. The molecule has 0 bridgehead atoms. The average Bonchev–Trinajstić information content (AvgIpc) is 2.53. The summed E-state index contributed by atoms with van der Waals surface area (Å²) in [7, 11) is 0. The monoisotopic (exact) mass is 299 g/mol. The van der Waals surface area contributed by atoms with E-state index in [1.54, 1.807) is 0 Å². The molecule has 1 aliphatic carbocycles. The molecule has 1 fully saturated rings. The molecule has 1 aromatic carbocycles. The van der Waals surface area contributed by atoms with Crippen molar-refractivity contribution in [2.24, 2.45) is 10.9 Å². The largest absolute Gasteiger partial charge is 0.298 e. The van der Waals surface area contributed by atoms with Gasteiger partial charge in [0, 0.05) is 25.1 Å². The fraction of sp³-hybridized carbons (Fsp3) is 0.526. The van der Waals surface area contributed by atoms with E-state index in [1.807, 2.05) is 25.1 Å². The van der Waals surface area contributed by atoms with Crippen molar-refractivity contribution < 1.29 is 9.59 Å². The predicted octanol–water partition coefficient (Wildman–Crippen LogP) is 3.97. The SMILES string of the molecule is CCCN=C1C[C@@H](c2ccccc2)CC(=O)[C@@H]1C(=O)CCC. The van der Waals surface area contributed by atoms with Gasteiger partial charge in [0.25, 0.3) is 0 Å². The van der Waals surface area contributed by atoms with Crippen molar-refractivity contribution in [1.82, 2.24) is 0 Å². The first-order valence-corrected chi connectivity index (χ1v) is 8.30. The summed E-state index contributed by atoms with van der Waals surface area (Å²) in [4.78, 5) is 29.5.